The average Bonchev–Trinajstić information content (AvgIpc) is 2.13. The van der Waals surface area contributed by atoms with E-state index in [-0.39, 0.29) is 12.3 Å². The molecule has 0 saturated carbocycles. The molecule has 100 valence electrons. The van der Waals surface area contributed by atoms with Crippen LogP contribution in [-0.2, 0) is 11.0 Å². The summed E-state index contributed by atoms with van der Waals surface area (Å²) >= 11 is 4.15. The Morgan fingerprint density at radius 2 is 1.88 bits per heavy atom. The number of nitrogens with zero attached hydrogens (tertiary/aromatic N) is 1. The minimum atomic E-state index is -4.94. The molecule has 0 amide bonds. The molecule has 0 bridgehead atoms. The molecule has 17 heavy (non-hydrogen) atoms. The second-order valence-electron chi connectivity index (χ2n) is 3.71. The average molecular weight is 295 g/mol. The highest BCUT2D eigenvalue weighted by molar-refractivity contribution is 7.84. The van der Waals surface area contributed by atoms with Crippen LogP contribution in [-0.4, -0.2) is 20.9 Å². The molecule has 0 aliphatic rings. The lowest BCUT2D eigenvalue weighted by molar-refractivity contribution is -0.0939. The molecular formula is C8H11ClF4N2OS. The highest BCUT2D eigenvalue weighted by Crippen LogP contribution is 2.39. The summed E-state index contributed by atoms with van der Waals surface area (Å²) in [6.45, 7) is 3.40. The Hall–Kier alpha value is -0.390. The van der Waals surface area contributed by atoms with Crippen molar-refractivity contribution in [2.75, 3.05) is 0 Å². The largest absolute Gasteiger partial charge is 0.410 e. The highest BCUT2D eigenvalue weighted by atomic mass is 35.5. The van der Waals surface area contributed by atoms with Crippen LogP contribution >= 0.6 is 11.6 Å². The fourth-order valence-electron chi connectivity index (χ4n) is 0.907. The molecule has 0 aliphatic carbocycles. The Kier molecular flexibility index (Phi) is 5.84. The fraction of sp³-hybridized carbons (Fsp3) is 0.875. The third-order valence-corrected chi connectivity index (χ3v) is 3.25. The summed E-state index contributed by atoms with van der Waals surface area (Å²) in [5, 5.41) is -1.31. The Balaban J connectivity index is 4.70. The van der Waals surface area contributed by atoms with Gasteiger partial charge in [-0.2, -0.15) is 22.8 Å². The van der Waals surface area contributed by atoms with Gasteiger partial charge in [0, 0.05) is 0 Å². The van der Waals surface area contributed by atoms with Gasteiger partial charge in [-0.3, -0.25) is 0 Å². The lowest BCUT2D eigenvalue weighted by atomic mass is 10.1. The summed E-state index contributed by atoms with van der Waals surface area (Å²) in [4.78, 5) is 0. The molecular weight excluding hydrogens is 284 g/mol. The SMILES string of the molecule is CC(C)C[C@@H](C#N)N[S@@](=O)C(F)(F)C(F)(F)Cl. The van der Waals surface area contributed by atoms with Gasteiger partial charge in [-0.05, 0) is 23.9 Å². The first-order valence-corrected chi connectivity index (χ1v) is 6.07. The van der Waals surface area contributed by atoms with E-state index in [9.17, 15) is 21.8 Å². The maximum absolute atomic E-state index is 12.8. The zero-order valence-electron chi connectivity index (χ0n) is 9.02. The summed E-state index contributed by atoms with van der Waals surface area (Å²) in [5.41, 5.74) is 0. The minimum absolute atomic E-state index is 0.0470. The van der Waals surface area contributed by atoms with E-state index >= 15 is 0 Å². The van der Waals surface area contributed by atoms with Crippen molar-refractivity contribution in [1.29, 1.82) is 5.26 Å². The Morgan fingerprint density at radius 3 is 2.18 bits per heavy atom. The van der Waals surface area contributed by atoms with Crippen LogP contribution in [0.3, 0.4) is 0 Å². The minimum Gasteiger partial charge on any atom is -0.236 e. The summed E-state index contributed by atoms with van der Waals surface area (Å²) in [6.07, 6.45) is 0.103. The number of nitrogens with one attached hydrogen (secondary N) is 1. The van der Waals surface area contributed by atoms with Gasteiger partial charge in [-0.15, -0.1) is 0 Å². The van der Waals surface area contributed by atoms with Gasteiger partial charge in [-0.1, -0.05) is 13.8 Å². The van der Waals surface area contributed by atoms with Crippen molar-refractivity contribution in [2.45, 2.75) is 36.9 Å². The standard InChI is InChI=1S/C8H11ClF4N2OS/c1-5(2)3-6(4-14)15-17(16)8(12,13)7(9,10)11/h5-6,15H,3H2,1-2H3/t6-,17-/m0/s1. The third kappa shape index (κ3) is 4.77. The van der Waals surface area contributed by atoms with Gasteiger partial charge in [-0.25, -0.2) is 8.93 Å². The van der Waals surface area contributed by atoms with Gasteiger partial charge in [0.1, 0.15) is 6.04 Å². The van der Waals surface area contributed by atoms with E-state index < -0.39 is 27.7 Å². The molecule has 0 saturated heterocycles. The van der Waals surface area contributed by atoms with Crippen LogP contribution in [0.15, 0.2) is 0 Å². The zero-order chi connectivity index (χ0) is 13.9. The monoisotopic (exact) mass is 294 g/mol. The predicted molar refractivity (Wildman–Crippen MR) is 55.9 cm³/mol. The van der Waals surface area contributed by atoms with Crippen molar-refractivity contribution in [1.82, 2.24) is 4.72 Å². The van der Waals surface area contributed by atoms with Gasteiger partial charge in [0.2, 0.25) is 0 Å². The van der Waals surface area contributed by atoms with E-state index in [0.717, 1.165) is 0 Å². The molecule has 0 spiro atoms. The predicted octanol–water partition coefficient (Wildman–Crippen LogP) is 2.60. The number of rotatable bonds is 6. The lowest BCUT2D eigenvalue weighted by Gasteiger charge is -2.22. The molecule has 0 rings (SSSR count). The van der Waals surface area contributed by atoms with Crippen molar-refractivity contribution in [3.63, 3.8) is 0 Å². The van der Waals surface area contributed by atoms with E-state index in [0.29, 0.717) is 0 Å². The summed E-state index contributed by atoms with van der Waals surface area (Å²) in [6, 6.07) is 0.355. The molecule has 9 heteroatoms. The van der Waals surface area contributed by atoms with Crippen LogP contribution in [0, 0.1) is 17.2 Å². The van der Waals surface area contributed by atoms with Gasteiger partial charge >= 0.3 is 10.6 Å². The molecule has 0 heterocycles. The summed E-state index contributed by atoms with van der Waals surface area (Å²) in [5.74, 6) is -0.0470. The topological polar surface area (TPSA) is 52.9 Å². The fourth-order valence-corrected chi connectivity index (χ4v) is 1.88. The normalized spacial score (nSPS) is 16.6. The first kappa shape index (κ1) is 16.6. The van der Waals surface area contributed by atoms with E-state index in [1.165, 1.54) is 0 Å². The van der Waals surface area contributed by atoms with E-state index in [1.54, 1.807) is 24.6 Å². The van der Waals surface area contributed by atoms with Crippen molar-refractivity contribution < 1.29 is 21.8 Å². The Morgan fingerprint density at radius 1 is 1.41 bits per heavy atom. The number of hydrogen-bond acceptors (Lipinski definition) is 2. The van der Waals surface area contributed by atoms with E-state index in [2.05, 4.69) is 11.6 Å². The zero-order valence-corrected chi connectivity index (χ0v) is 10.6. The summed E-state index contributed by atoms with van der Waals surface area (Å²) < 4.78 is 62.8. The first-order valence-electron chi connectivity index (χ1n) is 4.54. The van der Waals surface area contributed by atoms with Crippen molar-refractivity contribution in [3.05, 3.63) is 0 Å². The lowest BCUT2D eigenvalue weighted by Crippen LogP contribution is -2.47. The van der Waals surface area contributed by atoms with Crippen LogP contribution in [0.1, 0.15) is 20.3 Å². The van der Waals surface area contributed by atoms with Crippen LogP contribution in [0.5, 0.6) is 0 Å². The van der Waals surface area contributed by atoms with Gasteiger partial charge in [0.25, 0.3) is 0 Å². The maximum atomic E-state index is 12.8. The van der Waals surface area contributed by atoms with E-state index in [1.807, 2.05) is 0 Å². The summed E-state index contributed by atoms with van der Waals surface area (Å²) in [7, 11) is -3.43. The van der Waals surface area contributed by atoms with Crippen LogP contribution in [0.4, 0.5) is 17.6 Å². The van der Waals surface area contributed by atoms with Gasteiger partial charge < -0.3 is 0 Å². The number of halogens is 5. The van der Waals surface area contributed by atoms with Crippen molar-refractivity contribution in [2.24, 2.45) is 5.92 Å². The molecule has 0 unspecified atom stereocenters. The van der Waals surface area contributed by atoms with Gasteiger partial charge in [0.15, 0.2) is 11.0 Å². The molecule has 0 aromatic rings. The van der Waals surface area contributed by atoms with E-state index in [4.69, 9.17) is 5.26 Å². The van der Waals surface area contributed by atoms with Crippen molar-refractivity contribution in [3.8, 4) is 6.07 Å². The first-order chi connectivity index (χ1) is 7.52. The highest BCUT2D eigenvalue weighted by Gasteiger charge is 2.60. The quantitative estimate of drug-likeness (QED) is 0.605. The van der Waals surface area contributed by atoms with Gasteiger partial charge in [0.05, 0.1) is 6.07 Å². The smallest absolute Gasteiger partial charge is 0.236 e. The molecule has 0 radical (unpaired) electrons. The van der Waals surface area contributed by atoms with Crippen LogP contribution < -0.4 is 4.72 Å². The number of alkyl halides is 5. The molecule has 0 aromatic heterocycles. The van der Waals surface area contributed by atoms with Crippen molar-refractivity contribution >= 4 is 22.6 Å². The number of hydrogen-bond donors (Lipinski definition) is 1. The Labute approximate surface area is 104 Å². The molecule has 0 aromatic carbocycles. The molecule has 2 atom stereocenters. The van der Waals surface area contributed by atoms with Crippen LogP contribution in [0.25, 0.3) is 0 Å². The number of nitriles is 1. The molecule has 0 fully saturated rings. The second kappa shape index (κ2) is 5.98. The maximum Gasteiger partial charge on any atom is 0.410 e. The second-order valence-corrected chi connectivity index (χ2v) is 5.47. The van der Waals surface area contributed by atoms with Crippen LogP contribution in [0.2, 0.25) is 0 Å². The Bertz CT molecular complexity index is 326. The molecule has 3 nitrogen and oxygen atoms in total. The third-order valence-electron chi connectivity index (χ3n) is 1.68. The molecule has 0 aliphatic heterocycles. The molecule has 1 N–H and O–H groups in total.